The third-order valence-electron chi connectivity index (χ3n) is 3.95. The second kappa shape index (κ2) is 5.25. The Labute approximate surface area is 137 Å². The van der Waals surface area contributed by atoms with E-state index in [2.05, 4.69) is 16.3 Å². The summed E-state index contributed by atoms with van der Waals surface area (Å²) >= 11 is 0. The van der Waals surface area contributed by atoms with E-state index in [-0.39, 0.29) is 5.75 Å². The largest absolute Gasteiger partial charge is 0.508 e. The summed E-state index contributed by atoms with van der Waals surface area (Å²) in [6.07, 6.45) is 7.16. The van der Waals surface area contributed by atoms with Gasteiger partial charge in [-0.25, -0.2) is 4.52 Å². The van der Waals surface area contributed by atoms with Crippen molar-refractivity contribution in [2.75, 3.05) is 0 Å². The number of hydrogen-bond donors (Lipinski definition) is 1. The maximum Gasteiger partial charge on any atom is 0.115 e. The first-order valence-corrected chi connectivity index (χ1v) is 7.35. The third-order valence-corrected chi connectivity index (χ3v) is 3.95. The lowest BCUT2D eigenvalue weighted by molar-refractivity contribution is 0.475. The summed E-state index contributed by atoms with van der Waals surface area (Å²) in [5, 5.41) is 27.4. The van der Waals surface area contributed by atoms with Gasteiger partial charge in [-0.05, 0) is 23.8 Å². The van der Waals surface area contributed by atoms with E-state index in [4.69, 9.17) is 0 Å². The van der Waals surface area contributed by atoms with Gasteiger partial charge in [-0.2, -0.15) is 15.5 Å². The molecule has 3 aromatic heterocycles. The van der Waals surface area contributed by atoms with E-state index in [9.17, 15) is 10.4 Å². The van der Waals surface area contributed by atoms with E-state index < -0.39 is 0 Å². The Morgan fingerprint density at radius 3 is 2.46 bits per heavy atom. The summed E-state index contributed by atoms with van der Waals surface area (Å²) in [7, 11) is 1.87. The van der Waals surface area contributed by atoms with Crippen LogP contribution in [0.2, 0.25) is 0 Å². The van der Waals surface area contributed by atoms with Gasteiger partial charge in [0.05, 0.1) is 23.5 Å². The van der Waals surface area contributed by atoms with Crippen molar-refractivity contribution in [3.63, 3.8) is 0 Å². The Hall–Kier alpha value is -3.59. The average molecular weight is 315 g/mol. The topological polar surface area (TPSA) is 79.1 Å². The molecule has 6 heteroatoms. The van der Waals surface area contributed by atoms with Crippen LogP contribution in [0.25, 0.3) is 27.8 Å². The SMILES string of the molecule is Cn1cc(-c2cc(-c3ccc(O)cc3)c3c(C#N)cnn3c2)cn1. The molecule has 0 aliphatic rings. The number of hydrogen-bond acceptors (Lipinski definition) is 4. The zero-order valence-electron chi connectivity index (χ0n) is 12.9. The Balaban J connectivity index is 2.02. The Morgan fingerprint density at radius 2 is 1.79 bits per heavy atom. The molecule has 1 aromatic carbocycles. The number of nitriles is 1. The van der Waals surface area contributed by atoms with E-state index in [0.717, 1.165) is 27.8 Å². The number of phenols is 1. The molecule has 0 atom stereocenters. The first-order chi connectivity index (χ1) is 11.7. The van der Waals surface area contributed by atoms with Gasteiger partial charge in [0.25, 0.3) is 0 Å². The van der Waals surface area contributed by atoms with Crippen LogP contribution in [0.4, 0.5) is 0 Å². The van der Waals surface area contributed by atoms with E-state index >= 15 is 0 Å². The fraction of sp³-hybridized carbons (Fsp3) is 0.0556. The first-order valence-electron chi connectivity index (χ1n) is 7.35. The molecule has 4 rings (SSSR count). The van der Waals surface area contributed by atoms with Gasteiger partial charge in [0.1, 0.15) is 11.8 Å². The Morgan fingerprint density at radius 1 is 1.00 bits per heavy atom. The number of pyridine rings is 1. The van der Waals surface area contributed by atoms with Gasteiger partial charge in [-0.1, -0.05) is 12.1 Å². The lowest BCUT2D eigenvalue weighted by atomic mass is 10.00. The van der Waals surface area contributed by atoms with Crippen molar-refractivity contribution in [3.05, 3.63) is 60.7 Å². The van der Waals surface area contributed by atoms with Crippen LogP contribution in [0.5, 0.6) is 5.75 Å². The lowest BCUT2D eigenvalue weighted by Crippen LogP contribution is -1.93. The first kappa shape index (κ1) is 14.0. The van der Waals surface area contributed by atoms with E-state index in [0.29, 0.717) is 5.56 Å². The summed E-state index contributed by atoms with van der Waals surface area (Å²) in [6.45, 7) is 0. The summed E-state index contributed by atoms with van der Waals surface area (Å²) in [5.41, 5.74) is 4.96. The molecule has 1 N–H and O–H groups in total. The van der Waals surface area contributed by atoms with Gasteiger partial charge in [-0.3, -0.25) is 4.68 Å². The molecule has 0 unspecified atom stereocenters. The fourth-order valence-corrected chi connectivity index (χ4v) is 2.79. The van der Waals surface area contributed by atoms with Gasteiger partial charge in [0.2, 0.25) is 0 Å². The minimum Gasteiger partial charge on any atom is -0.508 e. The predicted octanol–water partition coefficient (Wildman–Crippen LogP) is 2.98. The molecule has 0 aliphatic carbocycles. The summed E-state index contributed by atoms with van der Waals surface area (Å²) in [5.74, 6) is 0.201. The van der Waals surface area contributed by atoms with Gasteiger partial charge >= 0.3 is 0 Å². The number of fused-ring (bicyclic) bond motifs is 1. The number of phenolic OH excluding ortho intramolecular Hbond substituents is 1. The zero-order valence-corrected chi connectivity index (χ0v) is 12.9. The van der Waals surface area contributed by atoms with Crippen molar-refractivity contribution in [2.45, 2.75) is 0 Å². The van der Waals surface area contributed by atoms with Crippen LogP contribution in [-0.4, -0.2) is 24.5 Å². The van der Waals surface area contributed by atoms with Crippen LogP contribution in [0, 0.1) is 11.3 Å². The lowest BCUT2D eigenvalue weighted by Gasteiger charge is -2.08. The highest BCUT2D eigenvalue weighted by atomic mass is 16.3. The maximum absolute atomic E-state index is 9.53. The van der Waals surface area contributed by atoms with Gasteiger partial charge < -0.3 is 5.11 Å². The van der Waals surface area contributed by atoms with Crippen molar-refractivity contribution in [3.8, 4) is 34.1 Å². The summed E-state index contributed by atoms with van der Waals surface area (Å²) in [6, 6.07) is 11.1. The van der Waals surface area contributed by atoms with E-state index in [1.54, 1.807) is 33.7 Å². The molecule has 0 amide bonds. The molecule has 116 valence electrons. The van der Waals surface area contributed by atoms with Gasteiger partial charge in [0, 0.05) is 36.1 Å². The number of aromatic nitrogens is 4. The molecule has 0 radical (unpaired) electrons. The smallest absolute Gasteiger partial charge is 0.115 e. The second-order valence-electron chi connectivity index (χ2n) is 5.56. The van der Waals surface area contributed by atoms with E-state index in [1.807, 2.05) is 37.6 Å². The molecular weight excluding hydrogens is 302 g/mol. The van der Waals surface area contributed by atoms with Crippen molar-refractivity contribution in [2.24, 2.45) is 7.05 Å². The highest BCUT2D eigenvalue weighted by Crippen LogP contribution is 2.32. The van der Waals surface area contributed by atoms with Crippen LogP contribution < -0.4 is 0 Å². The van der Waals surface area contributed by atoms with Crippen molar-refractivity contribution >= 4 is 5.52 Å². The third kappa shape index (κ3) is 2.20. The number of aryl methyl sites for hydroxylation is 1. The number of benzene rings is 1. The van der Waals surface area contributed by atoms with Gasteiger partial charge in [-0.15, -0.1) is 0 Å². The Bertz CT molecular complexity index is 1080. The van der Waals surface area contributed by atoms with Crippen LogP contribution >= 0.6 is 0 Å². The number of nitrogens with zero attached hydrogens (tertiary/aromatic N) is 5. The predicted molar refractivity (Wildman–Crippen MR) is 89.2 cm³/mol. The van der Waals surface area contributed by atoms with Crippen LogP contribution in [0.15, 0.2) is 55.1 Å². The van der Waals surface area contributed by atoms with Crippen LogP contribution in [0.1, 0.15) is 5.56 Å². The molecule has 0 aliphatic heterocycles. The van der Waals surface area contributed by atoms with Crippen LogP contribution in [-0.2, 0) is 7.05 Å². The fourth-order valence-electron chi connectivity index (χ4n) is 2.79. The summed E-state index contributed by atoms with van der Waals surface area (Å²) < 4.78 is 3.45. The molecule has 0 bridgehead atoms. The zero-order chi connectivity index (χ0) is 16.7. The van der Waals surface area contributed by atoms with Crippen LogP contribution in [0.3, 0.4) is 0 Å². The molecule has 3 heterocycles. The highest BCUT2D eigenvalue weighted by molar-refractivity contribution is 5.87. The molecule has 4 aromatic rings. The molecule has 6 nitrogen and oxygen atoms in total. The van der Waals surface area contributed by atoms with Crippen molar-refractivity contribution in [1.29, 1.82) is 5.26 Å². The monoisotopic (exact) mass is 315 g/mol. The minimum atomic E-state index is 0.201. The number of rotatable bonds is 2. The number of aromatic hydroxyl groups is 1. The molecular formula is C18H13N5O. The average Bonchev–Trinajstić information content (AvgIpc) is 3.20. The molecule has 24 heavy (non-hydrogen) atoms. The van der Waals surface area contributed by atoms with Gasteiger partial charge in [0.15, 0.2) is 0 Å². The normalized spacial score (nSPS) is 10.8. The van der Waals surface area contributed by atoms with Crippen molar-refractivity contribution in [1.82, 2.24) is 19.4 Å². The van der Waals surface area contributed by atoms with E-state index in [1.165, 1.54) is 0 Å². The second-order valence-corrected chi connectivity index (χ2v) is 5.56. The summed E-state index contributed by atoms with van der Waals surface area (Å²) in [4.78, 5) is 0. The standard InChI is InChI=1S/C18H13N5O/c1-22-10-15(9-20-22)13-6-17(12-2-4-16(24)5-3-12)18-14(7-19)8-21-23(18)11-13/h2-6,8-11,24H,1H3. The highest BCUT2D eigenvalue weighted by Gasteiger charge is 2.14. The molecule has 0 fully saturated rings. The Kier molecular flexibility index (Phi) is 3.07. The minimum absolute atomic E-state index is 0.201. The maximum atomic E-state index is 9.53. The quantitative estimate of drug-likeness (QED) is 0.617. The molecule has 0 spiro atoms. The molecule has 0 saturated heterocycles. The van der Waals surface area contributed by atoms with Crippen molar-refractivity contribution < 1.29 is 5.11 Å². The molecule has 0 saturated carbocycles.